The summed E-state index contributed by atoms with van der Waals surface area (Å²) in [7, 11) is 0. The summed E-state index contributed by atoms with van der Waals surface area (Å²) in [4.78, 5) is 2.64. The molecule has 2 atom stereocenters. The molecule has 0 aromatic heterocycles. The molecule has 104 valence electrons. The van der Waals surface area contributed by atoms with Crippen molar-refractivity contribution in [3.05, 3.63) is 35.4 Å². The van der Waals surface area contributed by atoms with Crippen LogP contribution in [0.3, 0.4) is 0 Å². The molecule has 2 unspecified atom stereocenters. The average molecular weight is 258 g/mol. The fourth-order valence-corrected chi connectivity index (χ4v) is 3.72. The summed E-state index contributed by atoms with van der Waals surface area (Å²) >= 11 is 0. The van der Waals surface area contributed by atoms with Crippen LogP contribution >= 0.6 is 0 Å². The standard InChI is InChI=1S/C17H26N2/c1-2-10-18-17-9-5-8-16(17)13-19-11-14-6-3-4-7-15(14)12-19/h3-4,6-7,16-18H,2,5,8-13H2,1H3. The van der Waals surface area contributed by atoms with Crippen LogP contribution in [-0.2, 0) is 13.1 Å². The first-order valence-electron chi connectivity index (χ1n) is 7.89. The lowest BCUT2D eigenvalue weighted by atomic mass is 10.0. The van der Waals surface area contributed by atoms with Crippen LogP contribution in [0.2, 0.25) is 0 Å². The van der Waals surface area contributed by atoms with Gasteiger partial charge in [-0.2, -0.15) is 0 Å². The van der Waals surface area contributed by atoms with Crippen LogP contribution in [0.15, 0.2) is 24.3 Å². The molecule has 1 fully saturated rings. The molecule has 2 aliphatic rings. The first-order chi connectivity index (χ1) is 9.36. The lowest BCUT2D eigenvalue weighted by molar-refractivity contribution is 0.217. The van der Waals surface area contributed by atoms with Gasteiger partial charge >= 0.3 is 0 Å². The number of nitrogens with one attached hydrogen (secondary N) is 1. The molecular weight excluding hydrogens is 232 g/mol. The Balaban J connectivity index is 1.55. The Hall–Kier alpha value is -0.860. The topological polar surface area (TPSA) is 15.3 Å². The van der Waals surface area contributed by atoms with Crippen LogP contribution in [0.4, 0.5) is 0 Å². The van der Waals surface area contributed by atoms with Crippen molar-refractivity contribution < 1.29 is 0 Å². The van der Waals surface area contributed by atoms with Crippen molar-refractivity contribution in [2.75, 3.05) is 13.1 Å². The van der Waals surface area contributed by atoms with Crippen LogP contribution in [0, 0.1) is 5.92 Å². The molecular formula is C17H26N2. The minimum Gasteiger partial charge on any atom is -0.314 e. The van der Waals surface area contributed by atoms with E-state index in [-0.39, 0.29) is 0 Å². The Morgan fingerprint density at radius 2 is 1.89 bits per heavy atom. The highest BCUT2D eigenvalue weighted by molar-refractivity contribution is 5.30. The van der Waals surface area contributed by atoms with Gasteiger partial charge in [0.25, 0.3) is 0 Å². The summed E-state index contributed by atoms with van der Waals surface area (Å²) in [5.41, 5.74) is 3.08. The van der Waals surface area contributed by atoms with Gasteiger partial charge in [0.05, 0.1) is 0 Å². The smallest absolute Gasteiger partial charge is 0.0240 e. The van der Waals surface area contributed by atoms with Gasteiger partial charge in [0, 0.05) is 25.7 Å². The van der Waals surface area contributed by atoms with E-state index >= 15 is 0 Å². The highest BCUT2D eigenvalue weighted by Crippen LogP contribution is 2.30. The summed E-state index contributed by atoms with van der Waals surface area (Å²) < 4.78 is 0. The van der Waals surface area contributed by atoms with Crippen molar-refractivity contribution in [3.63, 3.8) is 0 Å². The summed E-state index contributed by atoms with van der Waals surface area (Å²) in [5.74, 6) is 0.862. The molecule has 1 heterocycles. The molecule has 3 rings (SSSR count). The average Bonchev–Trinajstić information content (AvgIpc) is 3.02. The van der Waals surface area contributed by atoms with E-state index in [0.29, 0.717) is 0 Å². The Labute approximate surface area is 117 Å². The van der Waals surface area contributed by atoms with Gasteiger partial charge in [-0.25, -0.2) is 0 Å². The number of hydrogen-bond donors (Lipinski definition) is 1. The van der Waals surface area contributed by atoms with Crippen molar-refractivity contribution >= 4 is 0 Å². The molecule has 0 radical (unpaired) electrons. The van der Waals surface area contributed by atoms with Crippen LogP contribution in [-0.4, -0.2) is 24.0 Å². The molecule has 1 aromatic rings. The zero-order valence-electron chi connectivity index (χ0n) is 12.1. The van der Waals surface area contributed by atoms with Crippen LogP contribution in [0.1, 0.15) is 43.7 Å². The lowest BCUT2D eigenvalue weighted by Gasteiger charge is -2.25. The van der Waals surface area contributed by atoms with Gasteiger partial charge < -0.3 is 5.32 Å². The van der Waals surface area contributed by atoms with Crippen molar-refractivity contribution in [2.24, 2.45) is 5.92 Å². The summed E-state index contributed by atoms with van der Waals surface area (Å²) in [6.45, 7) is 7.03. The molecule has 1 N–H and O–H groups in total. The molecule has 0 bridgehead atoms. The van der Waals surface area contributed by atoms with Gasteiger partial charge in [-0.1, -0.05) is 37.6 Å². The molecule has 1 aliphatic carbocycles. The molecule has 1 saturated carbocycles. The van der Waals surface area contributed by atoms with Gasteiger partial charge in [-0.05, 0) is 42.9 Å². The van der Waals surface area contributed by atoms with E-state index in [2.05, 4.69) is 41.4 Å². The maximum absolute atomic E-state index is 3.75. The summed E-state index contributed by atoms with van der Waals surface area (Å²) in [6.07, 6.45) is 5.45. The lowest BCUT2D eigenvalue weighted by Crippen LogP contribution is -2.38. The monoisotopic (exact) mass is 258 g/mol. The zero-order chi connectivity index (χ0) is 13.1. The Morgan fingerprint density at radius 1 is 1.16 bits per heavy atom. The van der Waals surface area contributed by atoms with E-state index in [1.54, 1.807) is 11.1 Å². The summed E-state index contributed by atoms with van der Waals surface area (Å²) in [6, 6.07) is 9.68. The Kier molecular flexibility index (Phi) is 4.19. The maximum atomic E-state index is 3.75. The van der Waals surface area contributed by atoms with Crippen molar-refractivity contribution in [3.8, 4) is 0 Å². The molecule has 2 nitrogen and oxygen atoms in total. The van der Waals surface area contributed by atoms with Gasteiger partial charge in [-0.3, -0.25) is 4.90 Å². The van der Waals surface area contributed by atoms with Crippen LogP contribution in [0.25, 0.3) is 0 Å². The Bertz CT molecular complexity index is 390. The van der Waals surface area contributed by atoms with Crippen LogP contribution < -0.4 is 5.32 Å². The zero-order valence-corrected chi connectivity index (χ0v) is 12.1. The first-order valence-corrected chi connectivity index (χ1v) is 7.89. The summed E-state index contributed by atoms with van der Waals surface area (Å²) in [5, 5.41) is 3.75. The molecule has 0 spiro atoms. The van der Waals surface area contributed by atoms with Crippen molar-refractivity contribution in [1.82, 2.24) is 10.2 Å². The fourth-order valence-electron chi connectivity index (χ4n) is 3.72. The van der Waals surface area contributed by atoms with E-state index in [0.717, 1.165) is 25.0 Å². The normalized spacial score (nSPS) is 26.8. The third kappa shape index (κ3) is 3.01. The number of benzene rings is 1. The largest absolute Gasteiger partial charge is 0.314 e. The molecule has 1 aliphatic heterocycles. The predicted octanol–water partition coefficient (Wildman–Crippen LogP) is 3.17. The number of hydrogen-bond acceptors (Lipinski definition) is 2. The highest BCUT2D eigenvalue weighted by Gasteiger charge is 2.30. The number of fused-ring (bicyclic) bond motifs is 1. The third-order valence-electron chi connectivity index (χ3n) is 4.71. The maximum Gasteiger partial charge on any atom is 0.0240 e. The third-order valence-corrected chi connectivity index (χ3v) is 4.71. The molecule has 1 aromatic carbocycles. The Morgan fingerprint density at radius 3 is 2.58 bits per heavy atom. The quantitative estimate of drug-likeness (QED) is 0.872. The number of rotatable bonds is 5. The van der Waals surface area contributed by atoms with Crippen molar-refractivity contribution in [1.29, 1.82) is 0 Å². The van der Waals surface area contributed by atoms with Gasteiger partial charge in [0.15, 0.2) is 0 Å². The number of nitrogens with zero attached hydrogens (tertiary/aromatic N) is 1. The minimum absolute atomic E-state index is 0.767. The van der Waals surface area contributed by atoms with E-state index in [9.17, 15) is 0 Å². The first kappa shape index (κ1) is 13.1. The highest BCUT2D eigenvalue weighted by atomic mass is 15.1. The van der Waals surface area contributed by atoms with Gasteiger partial charge in [0.2, 0.25) is 0 Å². The van der Waals surface area contributed by atoms with Crippen molar-refractivity contribution in [2.45, 2.75) is 51.7 Å². The minimum atomic E-state index is 0.767. The van der Waals surface area contributed by atoms with E-state index in [4.69, 9.17) is 0 Å². The molecule has 2 heteroatoms. The molecule has 0 amide bonds. The second kappa shape index (κ2) is 6.06. The van der Waals surface area contributed by atoms with Gasteiger partial charge in [-0.15, -0.1) is 0 Å². The van der Waals surface area contributed by atoms with E-state index in [1.165, 1.54) is 38.8 Å². The SMILES string of the molecule is CCCNC1CCCC1CN1Cc2ccccc2C1. The van der Waals surface area contributed by atoms with E-state index in [1.807, 2.05) is 0 Å². The molecule has 19 heavy (non-hydrogen) atoms. The fraction of sp³-hybridized carbons (Fsp3) is 0.647. The van der Waals surface area contributed by atoms with Crippen LogP contribution in [0.5, 0.6) is 0 Å². The second-order valence-corrected chi connectivity index (χ2v) is 6.19. The second-order valence-electron chi connectivity index (χ2n) is 6.19. The molecule has 0 saturated heterocycles. The van der Waals surface area contributed by atoms with Gasteiger partial charge in [0.1, 0.15) is 0 Å². The predicted molar refractivity (Wildman–Crippen MR) is 80.0 cm³/mol. The van der Waals surface area contributed by atoms with E-state index < -0.39 is 0 Å².